The molecule has 0 saturated carbocycles. The standard InChI is InChI=1S/C34H21N/c1-2-10-22(11-3-1)25-13-6-7-14-26(25)24-20-29-28-16-8-9-17-31(28)35-32-19-18-23-12-4-5-15-27(23)33(32)30(21-24)34(29)35/h1-21H. The molecule has 0 saturated heterocycles. The van der Waals surface area contributed by atoms with Gasteiger partial charge in [-0.05, 0) is 57.3 Å². The van der Waals surface area contributed by atoms with Crippen LogP contribution in [0.15, 0.2) is 127 Å². The molecule has 0 fully saturated rings. The predicted molar refractivity (Wildman–Crippen MR) is 149 cm³/mol. The molecule has 1 nitrogen and oxygen atoms in total. The molecule has 0 atom stereocenters. The van der Waals surface area contributed by atoms with Gasteiger partial charge in [0.25, 0.3) is 0 Å². The van der Waals surface area contributed by atoms with Gasteiger partial charge in [0.05, 0.1) is 16.6 Å². The monoisotopic (exact) mass is 443 g/mol. The van der Waals surface area contributed by atoms with E-state index in [4.69, 9.17) is 0 Å². The molecule has 0 amide bonds. The van der Waals surface area contributed by atoms with Crippen LogP contribution in [0.3, 0.4) is 0 Å². The summed E-state index contributed by atoms with van der Waals surface area (Å²) in [6.45, 7) is 0. The van der Waals surface area contributed by atoms with E-state index >= 15 is 0 Å². The van der Waals surface area contributed by atoms with Crippen LogP contribution in [0.1, 0.15) is 0 Å². The molecule has 6 aromatic carbocycles. The first-order chi connectivity index (χ1) is 17.4. The zero-order valence-corrected chi connectivity index (χ0v) is 19.1. The normalized spacial score (nSPS) is 12.0. The molecule has 162 valence electrons. The molecule has 2 heterocycles. The number of nitrogens with zero attached hydrogens (tertiary/aromatic N) is 1. The molecular formula is C34H21N. The van der Waals surface area contributed by atoms with E-state index < -0.39 is 0 Å². The molecular weight excluding hydrogens is 422 g/mol. The fourth-order valence-corrected chi connectivity index (χ4v) is 6.03. The van der Waals surface area contributed by atoms with Crippen molar-refractivity contribution in [3.8, 4) is 22.3 Å². The highest BCUT2D eigenvalue weighted by Gasteiger charge is 2.20. The van der Waals surface area contributed by atoms with Crippen LogP contribution in [0.2, 0.25) is 0 Å². The van der Waals surface area contributed by atoms with Crippen LogP contribution in [0.5, 0.6) is 0 Å². The van der Waals surface area contributed by atoms with E-state index in [1.807, 2.05) is 0 Å². The number of benzene rings is 6. The second kappa shape index (κ2) is 6.94. The Morgan fingerprint density at radius 2 is 1.06 bits per heavy atom. The van der Waals surface area contributed by atoms with Crippen LogP contribution >= 0.6 is 0 Å². The van der Waals surface area contributed by atoms with Crippen molar-refractivity contribution in [1.29, 1.82) is 0 Å². The topological polar surface area (TPSA) is 4.41 Å². The Morgan fingerprint density at radius 1 is 0.400 bits per heavy atom. The third-order valence-corrected chi connectivity index (χ3v) is 7.51. The summed E-state index contributed by atoms with van der Waals surface area (Å²) in [5.74, 6) is 0. The zero-order chi connectivity index (χ0) is 22.9. The summed E-state index contributed by atoms with van der Waals surface area (Å²) in [5, 5.41) is 7.88. The molecule has 0 unspecified atom stereocenters. The summed E-state index contributed by atoms with van der Waals surface area (Å²) in [6, 6.07) is 46.4. The number of para-hydroxylation sites is 1. The first kappa shape index (κ1) is 18.8. The molecule has 0 radical (unpaired) electrons. The first-order valence-electron chi connectivity index (χ1n) is 12.1. The van der Waals surface area contributed by atoms with Gasteiger partial charge in [-0.2, -0.15) is 0 Å². The van der Waals surface area contributed by atoms with Gasteiger partial charge in [-0.3, -0.25) is 0 Å². The van der Waals surface area contributed by atoms with Gasteiger partial charge in [-0.25, -0.2) is 0 Å². The van der Waals surface area contributed by atoms with Gasteiger partial charge in [-0.1, -0.05) is 103 Å². The summed E-state index contributed by atoms with van der Waals surface area (Å²) in [6.07, 6.45) is 0. The highest BCUT2D eigenvalue weighted by atomic mass is 14.9. The smallest absolute Gasteiger partial charge is 0.0621 e. The summed E-state index contributed by atoms with van der Waals surface area (Å²) in [7, 11) is 0. The average Bonchev–Trinajstić information content (AvgIpc) is 3.45. The van der Waals surface area contributed by atoms with Crippen molar-refractivity contribution in [2.24, 2.45) is 0 Å². The van der Waals surface area contributed by atoms with Crippen LogP contribution in [-0.4, -0.2) is 4.40 Å². The largest absolute Gasteiger partial charge is 0.308 e. The fourth-order valence-electron chi connectivity index (χ4n) is 6.03. The maximum absolute atomic E-state index is 2.47. The minimum atomic E-state index is 1.24. The van der Waals surface area contributed by atoms with Crippen molar-refractivity contribution in [2.45, 2.75) is 0 Å². The molecule has 1 heteroatoms. The van der Waals surface area contributed by atoms with Gasteiger partial charge < -0.3 is 4.40 Å². The lowest BCUT2D eigenvalue weighted by atomic mass is 9.92. The van der Waals surface area contributed by atoms with Crippen molar-refractivity contribution in [2.75, 3.05) is 0 Å². The van der Waals surface area contributed by atoms with Crippen molar-refractivity contribution in [3.63, 3.8) is 0 Å². The number of aromatic nitrogens is 1. The van der Waals surface area contributed by atoms with Crippen molar-refractivity contribution < 1.29 is 0 Å². The minimum Gasteiger partial charge on any atom is -0.308 e. The third kappa shape index (κ3) is 2.53. The fraction of sp³-hybridized carbons (Fsp3) is 0. The third-order valence-electron chi connectivity index (χ3n) is 7.51. The lowest BCUT2D eigenvalue weighted by molar-refractivity contribution is 1.37. The Bertz CT molecular complexity index is 2040. The van der Waals surface area contributed by atoms with Gasteiger partial charge in [0.1, 0.15) is 0 Å². The van der Waals surface area contributed by atoms with E-state index in [0.717, 1.165) is 0 Å². The van der Waals surface area contributed by atoms with Crippen LogP contribution in [0.25, 0.3) is 71.1 Å². The summed E-state index contributed by atoms with van der Waals surface area (Å²) in [5.41, 5.74) is 8.90. The second-order valence-corrected chi connectivity index (χ2v) is 9.36. The molecule has 2 aromatic heterocycles. The molecule has 8 aromatic rings. The molecule has 0 spiro atoms. The van der Waals surface area contributed by atoms with Crippen LogP contribution in [0, 0.1) is 0 Å². The zero-order valence-electron chi connectivity index (χ0n) is 19.1. The van der Waals surface area contributed by atoms with E-state index in [9.17, 15) is 0 Å². The molecule has 35 heavy (non-hydrogen) atoms. The molecule has 0 aliphatic carbocycles. The Labute approximate surface area is 202 Å². The van der Waals surface area contributed by atoms with Gasteiger partial charge >= 0.3 is 0 Å². The van der Waals surface area contributed by atoms with Crippen molar-refractivity contribution in [1.82, 2.24) is 4.40 Å². The lowest BCUT2D eigenvalue weighted by Crippen LogP contribution is -1.85. The number of hydrogen-bond donors (Lipinski definition) is 0. The summed E-state index contributed by atoms with van der Waals surface area (Å²) >= 11 is 0. The van der Waals surface area contributed by atoms with E-state index in [0.29, 0.717) is 0 Å². The number of hydrogen-bond acceptors (Lipinski definition) is 0. The maximum Gasteiger partial charge on any atom is 0.0621 e. The highest BCUT2D eigenvalue weighted by Crippen LogP contribution is 2.44. The quantitative estimate of drug-likeness (QED) is 0.251. The SMILES string of the molecule is c1ccc(-c2ccccc2-c2cc3c4ccccc4n4c5ccc6ccccc6c5c(c2)c34)cc1. The maximum atomic E-state index is 2.47. The van der Waals surface area contributed by atoms with E-state index in [1.54, 1.807) is 0 Å². The van der Waals surface area contributed by atoms with Gasteiger partial charge in [0.15, 0.2) is 0 Å². The predicted octanol–water partition coefficient (Wildman–Crippen LogP) is 9.32. The van der Waals surface area contributed by atoms with Crippen LogP contribution < -0.4 is 0 Å². The van der Waals surface area contributed by atoms with Crippen molar-refractivity contribution in [3.05, 3.63) is 127 Å². The molecule has 0 aliphatic rings. The van der Waals surface area contributed by atoms with Gasteiger partial charge in [-0.15, -0.1) is 0 Å². The first-order valence-corrected chi connectivity index (χ1v) is 12.1. The Kier molecular flexibility index (Phi) is 3.72. The van der Waals surface area contributed by atoms with Crippen molar-refractivity contribution >= 4 is 48.9 Å². The van der Waals surface area contributed by atoms with E-state index in [2.05, 4.69) is 132 Å². The molecule has 0 N–H and O–H groups in total. The molecule has 0 aliphatic heterocycles. The Hall–Kier alpha value is -4.62. The Balaban J connectivity index is 1.58. The average molecular weight is 444 g/mol. The van der Waals surface area contributed by atoms with Crippen LogP contribution in [-0.2, 0) is 0 Å². The van der Waals surface area contributed by atoms with Gasteiger partial charge in [0, 0.05) is 21.5 Å². The molecule has 0 bridgehead atoms. The highest BCUT2D eigenvalue weighted by molar-refractivity contribution is 6.29. The van der Waals surface area contributed by atoms with Gasteiger partial charge in [0.2, 0.25) is 0 Å². The second-order valence-electron chi connectivity index (χ2n) is 9.36. The minimum absolute atomic E-state index is 1.24. The molecule has 8 rings (SSSR count). The Morgan fingerprint density at radius 3 is 1.91 bits per heavy atom. The summed E-state index contributed by atoms with van der Waals surface area (Å²) < 4.78 is 2.47. The van der Waals surface area contributed by atoms with E-state index in [-0.39, 0.29) is 0 Å². The number of rotatable bonds is 2. The summed E-state index contributed by atoms with van der Waals surface area (Å²) in [4.78, 5) is 0. The van der Waals surface area contributed by atoms with E-state index in [1.165, 1.54) is 71.1 Å². The van der Waals surface area contributed by atoms with Crippen LogP contribution in [0.4, 0.5) is 0 Å². The number of fused-ring (bicyclic) bond motifs is 8. The lowest BCUT2D eigenvalue weighted by Gasteiger charge is -2.11.